The summed E-state index contributed by atoms with van der Waals surface area (Å²) in [5.41, 5.74) is 5.64. The summed E-state index contributed by atoms with van der Waals surface area (Å²) in [5, 5.41) is 0. The second-order valence-electron chi connectivity index (χ2n) is 4.38. The Kier molecular flexibility index (Phi) is 4.74. The topological polar surface area (TPSA) is 128 Å². The van der Waals surface area contributed by atoms with Gasteiger partial charge >= 0.3 is 0 Å². The first kappa shape index (κ1) is 16.1. The third-order valence-corrected chi connectivity index (χ3v) is 3.59. The fourth-order valence-corrected chi connectivity index (χ4v) is 2.35. The van der Waals surface area contributed by atoms with Gasteiger partial charge in [0.15, 0.2) is 17.7 Å². The molecule has 2 rings (SSSR count). The minimum atomic E-state index is -2.68. The largest absolute Gasteiger partial charge is 0.369 e. The van der Waals surface area contributed by atoms with Gasteiger partial charge in [0.2, 0.25) is 5.95 Å². The smallest absolute Gasteiger partial charge is 0.280 e. The second kappa shape index (κ2) is 6.20. The Morgan fingerprint density at radius 1 is 1.62 bits per heavy atom. The first-order valence-corrected chi connectivity index (χ1v) is 9.18. The van der Waals surface area contributed by atoms with Crippen LogP contribution < -0.4 is 11.3 Å². The van der Waals surface area contributed by atoms with Gasteiger partial charge in [-0.05, 0) is 18.7 Å². The third-order valence-electron chi connectivity index (χ3n) is 2.62. The van der Waals surface area contributed by atoms with Gasteiger partial charge in [0.1, 0.15) is 6.23 Å². The molecule has 0 bridgehead atoms. The molecule has 0 aliphatic heterocycles. The van der Waals surface area contributed by atoms with Crippen molar-refractivity contribution in [1.29, 1.82) is 0 Å². The average Bonchev–Trinajstić information content (AvgIpc) is 2.77. The number of ether oxygens (including phenoxy) is 1. The summed E-state index contributed by atoms with van der Waals surface area (Å²) >= 11 is 4.75. The van der Waals surface area contributed by atoms with Gasteiger partial charge in [-0.25, -0.2) is 4.98 Å². The van der Waals surface area contributed by atoms with E-state index in [-0.39, 0.29) is 24.7 Å². The molecule has 0 saturated carbocycles. The molecular formula is C10H16N5O4PS. The molecule has 21 heavy (non-hydrogen) atoms. The Balaban J connectivity index is 2.08. The number of hydrogen-bond donors (Lipinski definition) is 3. The van der Waals surface area contributed by atoms with Gasteiger partial charge in [0.25, 0.3) is 5.56 Å². The van der Waals surface area contributed by atoms with Gasteiger partial charge in [0, 0.05) is 6.66 Å². The monoisotopic (exact) mass is 333 g/mol. The molecule has 0 spiro atoms. The highest BCUT2D eigenvalue weighted by Gasteiger charge is 2.14. The highest BCUT2D eigenvalue weighted by Crippen LogP contribution is 2.36. The number of hydrogen-bond acceptors (Lipinski definition) is 7. The maximum Gasteiger partial charge on any atom is 0.280 e. The molecule has 2 aromatic heterocycles. The van der Waals surface area contributed by atoms with Crippen LogP contribution in [0.2, 0.25) is 0 Å². The van der Waals surface area contributed by atoms with Crippen LogP contribution in [-0.2, 0) is 21.1 Å². The van der Waals surface area contributed by atoms with Crippen LogP contribution in [0.3, 0.4) is 0 Å². The zero-order chi connectivity index (χ0) is 15.6. The molecule has 0 radical (unpaired) electrons. The molecule has 9 nitrogen and oxygen atoms in total. The number of imidazole rings is 1. The van der Waals surface area contributed by atoms with Gasteiger partial charge in [-0.3, -0.25) is 14.3 Å². The molecule has 0 aliphatic carbocycles. The lowest BCUT2D eigenvalue weighted by Crippen LogP contribution is -2.15. The molecule has 2 heterocycles. The quantitative estimate of drug-likeness (QED) is 0.505. The number of nitrogen functional groups attached to an aromatic ring is 1. The van der Waals surface area contributed by atoms with E-state index < -0.39 is 18.3 Å². The Morgan fingerprint density at radius 2 is 2.33 bits per heavy atom. The van der Waals surface area contributed by atoms with E-state index in [0.717, 1.165) is 0 Å². The first-order valence-electron chi connectivity index (χ1n) is 6.06. The number of nitrogens with zero attached hydrogens (tertiary/aromatic N) is 3. The highest BCUT2D eigenvalue weighted by atomic mass is 32.5. The summed E-state index contributed by atoms with van der Waals surface area (Å²) < 4.78 is 12.2. The molecule has 0 amide bonds. The summed E-state index contributed by atoms with van der Waals surface area (Å²) in [6.07, 6.45) is 1.02. The molecular weight excluding hydrogens is 317 g/mol. The number of fused-ring (bicyclic) bond motifs is 1. The van der Waals surface area contributed by atoms with E-state index in [1.807, 2.05) is 0 Å². The number of rotatable bonds is 6. The second-order valence-corrected chi connectivity index (χ2v) is 8.28. The van der Waals surface area contributed by atoms with Crippen molar-refractivity contribution >= 4 is 35.4 Å². The summed E-state index contributed by atoms with van der Waals surface area (Å²) in [5.74, 6) is 0.0109. The van der Waals surface area contributed by atoms with Crippen molar-refractivity contribution in [1.82, 2.24) is 19.5 Å². The minimum absolute atomic E-state index is 0.0109. The van der Waals surface area contributed by atoms with E-state index in [4.69, 9.17) is 26.8 Å². The van der Waals surface area contributed by atoms with Crippen LogP contribution in [0, 0.1) is 0 Å². The lowest BCUT2D eigenvalue weighted by atomic mass is 10.5. The molecule has 0 fully saturated rings. The van der Waals surface area contributed by atoms with Crippen LogP contribution >= 0.6 is 6.49 Å². The van der Waals surface area contributed by atoms with Gasteiger partial charge < -0.3 is 19.9 Å². The Hall–Kier alpha value is -1.32. The van der Waals surface area contributed by atoms with E-state index >= 15 is 0 Å². The lowest BCUT2D eigenvalue weighted by Gasteiger charge is -2.16. The predicted molar refractivity (Wildman–Crippen MR) is 81.6 cm³/mol. The van der Waals surface area contributed by atoms with Crippen molar-refractivity contribution in [2.24, 2.45) is 0 Å². The number of nitrogens with one attached hydrogen (secondary N) is 1. The SMILES string of the molecule is C[C@@H](OCCOP(C)(O)=S)n1cnc2c(=O)[nH]c(N)nc21. The van der Waals surface area contributed by atoms with Crippen LogP contribution in [0.25, 0.3) is 11.2 Å². The number of anilines is 1. The molecule has 2 atom stereocenters. The Morgan fingerprint density at radius 3 is 3.00 bits per heavy atom. The van der Waals surface area contributed by atoms with Crippen molar-refractivity contribution < 1.29 is 14.2 Å². The maximum absolute atomic E-state index is 11.7. The Labute approximate surface area is 125 Å². The van der Waals surface area contributed by atoms with Crippen molar-refractivity contribution in [3.8, 4) is 0 Å². The summed E-state index contributed by atoms with van der Waals surface area (Å²) in [6.45, 7) is 0.960. The van der Waals surface area contributed by atoms with E-state index in [0.29, 0.717) is 5.65 Å². The van der Waals surface area contributed by atoms with E-state index in [9.17, 15) is 9.69 Å². The highest BCUT2D eigenvalue weighted by molar-refractivity contribution is 8.09. The van der Waals surface area contributed by atoms with Gasteiger partial charge in [-0.1, -0.05) is 0 Å². The van der Waals surface area contributed by atoms with Crippen LogP contribution in [0.5, 0.6) is 0 Å². The fraction of sp³-hybridized carbons (Fsp3) is 0.500. The molecule has 0 saturated heterocycles. The van der Waals surface area contributed by atoms with Gasteiger partial charge in [0.05, 0.1) is 19.5 Å². The van der Waals surface area contributed by atoms with Crippen LogP contribution in [-0.4, -0.2) is 44.3 Å². The van der Waals surface area contributed by atoms with Crippen molar-refractivity contribution in [2.75, 3.05) is 25.6 Å². The summed E-state index contributed by atoms with van der Waals surface area (Å²) in [4.78, 5) is 31.4. The van der Waals surface area contributed by atoms with Crippen LogP contribution in [0.4, 0.5) is 5.95 Å². The minimum Gasteiger partial charge on any atom is -0.369 e. The van der Waals surface area contributed by atoms with E-state index in [1.165, 1.54) is 13.0 Å². The number of H-pyrrole nitrogens is 1. The average molecular weight is 333 g/mol. The number of aromatic nitrogens is 4. The van der Waals surface area contributed by atoms with Gasteiger partial charge in [-0.15, -0.1) is 0 Å². The summed E-state index contributed by atoms with van der Waals surface area (Å²) in [7, 11) is 0. The molecule has 2 aromatic rings. The number of nitrogens with two attached hydrogens (primary N) is 1. The Bertz CT molecular complexity index is 739. The predicted octanol–water partition coefficient (Wildman–Crippen LogP) is 0.185. The molecule has 4 N–H and O–H groups in total. The fourth-order valence-electron chi connectivity index (χ4n) is 1.71. The molecule has 1 unspecified atom stereocenters. The van der Waals surface area contributed by atoms with Gasteiger partial charge in [-0.2, -0.15) is 4.98 Å². The normalized spacial score (nSPS) is 16.0. The van der Waals surface area contributed by atoms with Crippen LogP contribution in [0.1, 0.15) is 13.2 Å². The van der Waals surface area contributed by atoms with E-state index in [2.05, 4.69) is 15.0 Å². The lowest BCUT2D eigenvalue weighted by molar-refractivity contribution is 0.00344. The first-order chi connectivity index (χ1) is 9.78. The zero-order valence-corrected chi connectivity index (χ0v) is 13.2. The zero-order valence-electron chi connectivity index (χ0n) is 11.5. The van der Waals surface area contributed by atoms with Crippen molar-refractivity contribution in [3.63, 3.8) is 0 Å². The summed E-state index contributed by atoms with van der Waals surface area (Å²) in [6, 6.07) is 0. The molecule has 0 aromatic carbocycles. The molecule has 11 heteroatoms. The third kappa shape index (κ3) is 4.08. The molecule has 0 aliphatic rings. The van der Waals surface area contributed by atoms with E-state index in [1.54, 1.807) is 11.5 Å². The van der Waals surface area contributed by atoms with Crippen molar-refractivity contribution in [3.05, 3.63) is 16.7 Å². The number of aromatic amines is 1. The van der Waals surface area contributed by atoms with Crippen LogP contribution in [0.15, 0.2) is 11.1 Å². The standard InChI is InChI=1S/C10H16N5O4PS/c1-6(18-3-4-19-20(2,17)21)15-5-12-7-8(15)13-10(11)14-9(7)16/h5-6H,3-4H2,1-2H3,(H,17,21)(H3,11,13,14,16)/t6-,20?/m1/s1. The maximum atomic E-state index is 11.7. The molecule has 116 valence electrons. The van der Waals surface area contributed by atoms with Crippen molar-refractivity contribution in [2.45, 2.75) is 13.2 Å².